The molecule has 0 amide bonds. The summed E-state index contributed by atoms with van der Waals surface area (Å²) in [6.45, 7) is 0. The lowest BCUT2D eigenvalue weighted by atomic mass is 10.4. The van der Waals surface area contributed by atoms with Crippen LogP contribution < -0.4 is 0 Å². The predicted molar refractivity (Wildman–Crippen MR) is 58.8 cm³/mol. The van der Waals surface area contributed by atoms with Gasteiger partial charge in [-0.1, -0.05) is 0 Å². The van der Waals surface area contributed by atoms with Gasteiger partial charge in [0.2, 0.25) is 0 Å². The van der Waals surface area contributed by atoms with E-state index in [1.807, 2.05) is 12.1 Å². The topological polar surface area (TPSA) is 38.7 Å². The van der Waals surface area contributed by atoms with Crippen LogP contribution in [0.15, 0.2) is 29.6 Å². The van der Waals surface area contributed by atoms with Crippen molar-refractivity contribution in [1.29, 1.82) is 0 Å². The molecule has 0 aromatic carbocycles. The molecule has 0 N–H and O–H groups in total. The Morgan fingerprint density at radius 1 is 1.21 bits per heavy atom. The highest BCUT2D eigenvalue weighted by molar-refractivity contribution is 7.99. The maximum absolute atomic E-state index is 5.59. The highest BCUT2D eigenvalue weighted by Gasteiger charge is 1.99. The van der Waals surface area contributed by atoms with E-state index < -0.39 is 0 Å². The van der Waals surface area contributed by atoms with Gasteiger partial charge in [-0.25, -0.2) is 9.97 Å². The molecule has 5 heteroatoms. The first-order valence-electron chi connectivity index (χ1n) is 4.16. The van der Waals surface area contributed by atoms with Crippen molar-refractivity contribution in [3.05, 3.63) is 24.5 Å². The van der Waals surface area contributed by atoms with E-state index in [4.69, 9.17) is 11.6 Å². The fourth-order valence-corrected chi connectivity index (χ4v) is 1.89. The van der Waals surface area contributed by atoms with E-state index in [0.717, 1.165) is 16.3 Å². The predicted octanol–water partition coefficient (Wildman–Crippen LogP) is 2.36. The third-order valence-corrected chi connectivity index (χ3v) is 2.98. The van der Waals surface area contributed by atoms with Crippen LogP contribution in [0.5, 0.6) is 0 Å². The van der Waals surface area contributed by atoms with Gasteiger partial charge in [0.05, 0.1) is 5.03 Å². The van der Waals surface area contributed by atoms with Crippen molar-refractivity contribution in [2.75, 3.05) is 11.6 Å². The Bertz CT molecular complexity index is 435. The minimum atomic E-state index is 0.630. The highest BCUT2D eigenvalue weighted by atomic mass is 35.5. The molecule has 0 aliphatic rings. The lowest BCUT2D eigenvalue weighted by Gasteiger charge is -1.99. The number of pyridine rings is 1. The molecule has 0 atom stereocenters. The Morgan fingerprint density at radius 3 is 2.93 bits per heavy atom. The van der Waals surface area contributed by atoms with Crippen molar-refractivity contribution in [3.63, 3.8) is 0 Å². The molecule has 2 aromatic rings. The summed E-state index contributed by atoms with van der Waals surface area (Å²) < 4.78 is 0. The fourth-order valence-electron chi connectivity index (χ4n) is 1.06. The van der Waals surface area contributed by atoms with Gasteiger partial charge in [-0.3, -0.25) is 4.98 Å². The summed E-state index contributed by atoms with van der Waals surface area (Å²) >= 11 is 7.22. The second kappa shape index (κ2) is 4.57. The van der Waals surface area contributed by atoms with Crippen molar-refractivity contribution in [1.82, 2.24) is 15.0 Å². The largest absolute Gasteiger partial charge is 0.251 e. The van der Waals surface area contributed by atoms with Crippen LogP contribution in [0.4, 0.5) is 0 Å². The summed E-state index contributed by atoms with van der Waals surface area (Å²) in [4.78, 5) is 12.6. The van der Waals surface area contributed by atoms with Crippen molar-refractivity contribution >= 4 is 34.5 Å². The van der Waals surface area contributed by atoms with E-state index in [2.05, 4.69) is 15.0 Å². The third kappa shape index (κ3) is 2.13. The minimum Gasteiger partial charge on any atom is -0.251 e. The van der Waals surface area contributed by atoms with E-state index in [1.54, 1.807) is 24.2 Å². The van der Waals surface area contributed by atoms with Gasteiger partial charge in [0.1, 0.15) is 5.52 Å². The molecule has 3 nitrogen and oxygen atoms in total. The van der Waals surface area contributed by atoms with Gasteiger partial charge >= 0.3 is 0 Å². The molecule has 0 aliphatic carbocycles. The second-order valence-electron chi connectivity index (χ2n) is 2.59. The summed E-state index contributed by atoms with van der Waals surface area (Å²) in [5.74, 6) is 1.49. The molecule has 0 saturated carbocycles. The molecular weight excluding hydrogens is 218 g/mol. The Kier molecular flexibility index (Phi) is 3.16. The zero-order valence-electron chi connectivity index (χ0n) is 7.35. The van der Waals surface area contributed by atoms with Crippen LogP contribution in [0.2, 0.25) is 0 Å². The number of hydrogen-bond acceptors (Lipinski definition) is 4. The Hall–Kier alpha value is -0.870. The second-order valence-corrected chi connectivity index (χ2v) is 4.08. The van der Waals surface area contributed by atoms with E-state index in [0.29, 0.717) is 11.5 Å². The Balaban J connectivity index is 2.32. The molecule has 14 heavy (non-hydrogen) atoms. The van der Waals surface area contributed by atoms with Crippen molar-refractivity contribution in [2.24, 2.45) is 0 Å². The van der Waals surface area contributed by atoms with Gasteiger partial charge in [-0.2, -0.15) is 0 Å². The standard InChI is InChI=1S/C9H8ClN3S/c10-3-6-14-8-2-1-7-9(13-8)12-5-4-11-7/h1-2,4-5H,3,6H2. The summed E-state index contributed by atoms with van der Waals surface area (Å²) in [7, 11) is 0. The smallest absolute Gasteiger partial charge is 0.179 e. The first-order valence-corrected chi connectivity index (χ1v) is 5.69. The molecule has 0 spiro atoms. The molecule has 0 radical (unpaired) electrons. The van der Waals surface area contributed by atoms with Crippen LogP contribution in [0, 0.1) is 0 Å². The van der Waals surface area contributed by atoms with Gasteiger partial charge in [-0.05, 0) is 12.1 Å². The molecule has 0 bridgehead atoms. The Labute approximate surface area is 90.9 Å². The van der Waals surface area contributed by atoms with E-state index in [1.165, 1.54) is 0 Å². The Morgan fingerprint density at radius 2 is 2.07 bits per heavy atom. The lowest BCUT2D eigenvalue weighted by molar-refractivity contribution is 1.12. The number of nitrogens with zero attached hydrogens (tertiary/aromatic N) is 3. The normalized spacial score (nSPS) is 10.6. The monoisotopic (exact) mass is 225 g/mol. The number of fused-ring (bicyclic) bond motifs is 1. The molecular formula is C9H8ClN3S. The van der Waals surface area contributed by atoms with Crippen LogP contribution in [-0.2, 0) is 0 Å². The van der Waals surface area contributed by atoms with Crippen LogP contribution in [-0.4, -0.2) is 26.6 Å². The summed E-state index contributed by atoms with van der Waals surface area (Å²) in [6.07, 6.45) is 3.31. The quantitative estimate of drug-likeness (QED) is 0.594. The minimum absolute atomic E-state index is 0.630. The first-order chi connectivity index (χ1) is 6.90. The van der Waals surface area contributed by atoms with Crippen LogP contribution in [0.25, 0.3) is 11.2 Å². The number of thioether (sulfide) groups is 1. The van der Waals surface area contributed by atoms with E-state index in [9.17, 15) is 0 Å². The van der Waals surface area contributed by atoms with Crippen LogP contribution in [0.3, 0.4) is 0 Å². The molecule has 2 rings (SSSR count). The lowest BCUT2D eigenvalue weighted by Crippen LogP contribution is -1.89. The van der Waals surface area contributed by atoms with Gasteiger partial charge in [-0.15, -0.1) is 23.4 Å². The summed E-state index contributed by atoms with van der Waals surface area (Å²) in [6, 6.07) is 3.86. The van der Waals surface area contributed by atoms with E-state index in [-0.39, 0.29) is 0 Å². The van der Waals surface area contributed by atoms with Crippen molar-refractivity contribution in [3.8, 4) is 0 Å². The maximum Gasteiger partial charge on any atom is 0.179 e. The SMILES string of the molecule is ClCCSc1ccc2nccnc2n1. The first kappa shape index (κ1) is 9.68. The van der Waals surface area contributed by atoms with Crippen molar-refractivity contribution in [2.45, 2.75) is 5.03 Å². The fraction of sp³-hybridized carbons (Fsp3) is 0.222. The zero-order chi connectivity index (χ0) is 9.80. The average Bonchev–Trinajstić information content (AvgIpc) is 2.26. The van der Waals surface area contributed by atoms with Crippen molar-refractivity contribution < 1.29 is 0 Å². The maximum atomic E-state index is 5.59. The third-order valence-electron chi connectivity index (χ3n) is 1.63. The molecule has 2 heterocycles. The molecule has 0 fully saturated rings. The summed E-state index contributed by atoms with van der Waals surface area (Å²) in [5, 5.41) is 0.943. The molecule has 72 valence electrons. The van der Waals surface area contributed by atoms with Gasteiger partial charge in [0, 0.05) is 24.0 Å². The number of halogens is 1. The molecule has 0 saturated heterocycles. The highest BCUT2D eigenvalue weighted by Crippen LogP contribution is 2.17. The van der Waals surface area contributed by atoms with Gasteiger partial charge in [0.25, 0.3) is 0 Å². The van der Waals surface area contributed by atoms with Crippen LogP contribution >= 0.6 is 23.4 Å². The number of aromatic nitrogens is 3. The number of rotatable bonds is 3. The van der Waals surface area contributed by atoms with E-state index >= 15 is 0 Å². The molecule has 0 aliphatic heterocycles. The number of alkyl halides is 1. The van der Waals surface area contributed by atoms with Crippen LogP contribution in [0.1, 0.15) is 0 Å². The average molecular weight is 226 g/mol. The summed E-state index contributed by atoms with van der Waals surface area (Å²) in [5.41, 5.74) is 1.51. The number of hydrogen-bond donors (Lipinski definition) is 0. The molecule has 2 aromatic heterocycles. The van der Waals surface area contributed by atoms with Gasteiger partial charge in [0.15, 0.2) is 5.65 Å². The van der Waals surface area contributed by atoms with Gasteiger partial charge < -0.3 is 0 Å². The zero-order valence-corrected chi connectivity index (χ0v) is 8.92. The molecule has 0 unspecified atom stereocenters.